The highest BCUT2D eigenvalue weighted by atomic mass is 35.5. The second kappa shape index (κ2) is 9.41. The number of carbonyl (C=O) groups excluding carboxylic acids is 2. The molecule has 0 unspecified atom stereocenters. The molecule has 0 aliphatic carbocycles. The van der Waals surface area contributed by atoms with E-state index in [2.05, 4.69) is 10.6 Å². The van der Waals surface area contributed by atoms with Crippen molar-refractivity contribution in [2.24, 2.45) is 0 Å². The van der Waals surface area contributed by atoms with Gasteiger partial charge in [0.05, 0.1) is 23.4 Å². The number of hydrogen-bond donors (Lipinski definition) is 2. The molecule has 0 aliphatic rings. The molecule has 32 heavy (non-hydrogen) atoms. The van der Waals surface area contributed by atoms with E-state index in [0.29, 0.717) is 32.9 Å². The molecule has 0 atom stereocenters. The van der Waals surface area contributed by atoms with Crippen molar-refractivity contribution in [3.63, 3.8) is 0 Å². The van der Waals surface area contributed by atoms with E-state index in [-0.39, 0.29) is 11.3 Å². The van der Waals surface area contributed by atoms with E-state index in [1.54, 1.807) is 66.7 Å². The third-order valence-electron chi connectivity index (χ3n) is 4.76. The van der Waals surface area contributed by atoms with Gasteiger partial charge < -0.3 is 14.8 Å². The molecule has 2 N–H and O–H groups in total. The number of halogens is 1. The lowest BCUT2D eigenvalue weighted by molar-refractivity contribution is 0.102. The Labute approximate surface area is 189 Å². The summed E-state index contributed by atoms with van der Waals surface area (Å²) < 4.78 is 11.1. The van der Waals surface area contributed by atoms with Gasteiger partial charge in [0, 0.05) is 16.5 Å². The highest BCUT2D eigenvalue weighted by Gasteiger charge is 2.22. The zero-order valence-corrected chi connectivity index (χ0v) is 17.8. The van der Waals surface area contributed by atoms with Crippen LogP contribution < -0.4 is 20.1 Å². The van der Waals surface area contributed by atoms with Gasteiger partial charge in [-0.25, -0.2) is 4.79 Å². The molecule has 0 saturated heterocycles. The Morgan fingerprint density at radius 3 is 2.19 bits per heavy atom. The van der Waals surface area contributed by atoms with Gasteiger partial charge in [0.15, 0.2) is 5.75 Å². The zero-order chi connectivity index (χ0) is 22.5. The Morgan fingerprint density at radius 2 is 1.47 bits per heavy atom. The van der Waals surface area contributed by atoms with E-state index >= 15 is 0 Å². The topological polar surface area (TPSA) is 76.7 Å². The van der Waals surface area contributed by atoms with Crippen LogP contribution in [0.15, 0.2) is 84.9 Å². The summed E-state index contributed by atoms with van der Waals surface area (Å²) in [6, 6.07) is 24.5. The number of rotatable bonds is 5. The number of nitrogens with one attached hydrogen (secondary N) is 2. The van der Waals surface area contributed by atoms with Gasteiger partial charge in [-0.05, 0) is 30.3 Å². The van der Waals surface area contributed by atoms with Crippen molar-refractivity contribution >= 4 is 45.7 Å². The van der Waals surface area contributed by atoms with E-state index < -0.39 is 12.0 Å². The van der Waals surface area contributed by atoms with Crippen LogP contribution in [0.2, 0.25) is 5.02 Å². The number of hydrogen-bond acceptors (Lipinski definition) is 4. The second-order valence-corrected chi connectivity index (χ2v) is 7.22. The van der Waals surface area contributed by atoms with E-state index in [1.807, 2.05) is 18.2 Å². The number of fused-ring (bicyclic) bond motifs is 1. The fraction of sp³-hybridized carbons (Fsp3) is 0.0400. The molecule has 0 radical (unpaired) electrons. The van der Waals surface area contributed by atoms with Crippen molar-refractivity contribution in [3.8, 4) is 11.5 Å². The average molecular weight is 447 g/mol. The first-order valence-electron chi connectivity index (χ1n) is 9.76. The summed E-state index contributed by atoms with van der Waals surface area (Å²) in [7, 11) is 1.51. The van der Waals surface area contributed by atoms with Crippen LogP contribution in [0.1, 0.15) is 10.4 Å². The molecule has 0 aromatic heterocycles. The minimum atomic E-state index is -0.724. The van der Waals surface area contributed by atoms with Gasteiger partial charge in [0.2, 0.25) is 0 Å². The maximum Gasteiger partial charge on any atom is 0.417 e. The Morgan fingerprint density at radius 1 is 0.812 bits per heavy atom. The third-order valence-corrected chi connectivity index (χ3v) is 5.09. The predicted molar refractivity (Wildman–Crippen MR) is 126 cm³/mol. The largest absolute Gasteiger partial charge is 0.496 e. The van der Waals surface area contributed by atoms with Gasteiger partial charge in [-0.15, -0.1) is 0 Å². The first-order valence-corrected chi connectivity index (χ1v) is 10.1. The molecule has 160 valence electrons. The fourth-order valence-electron chi connectivity index (χ4n) is 3.27. The summed E-state index contributed by atoms with van der Waals surface area (Å²) in [4.78, 5) is 25.9. The van der Waals surface area contributed by atoms with E-state index in [9.17, 15) is 9.59 Å². The molecule has 0 bridgehead atoms. The lowest BCUT2D eigenvalue weighted by Gasteiger charge is -2.16. The monoisotopic (exact) mass is 446 g/mol. The van der Waals surface area contributed by atoms with Crippen LogP contribution in [-0.4, -0.2) is 19.1 Å². The molecule has 2 amide bonds. The van der Waals surface area contributed by atoms with Gasteiger partial charge >= 0.3 is 6.09 Å². The standard InChI is InChI=1S/C25H19ClN2O4/c1-31-22-15-19(24(29)28-21-14-8-7-13-20(21)26)23(18-12-6-5-11-17(18)22)32-25(30)27-16-9-3-2-4-10-16/h2-15H,1H3,(H,27,30)(H,28,29). The molecule has 0 heterocycles. The smallest absolute Gasteiger partial charge is 0.417 e. The van der Waals surface area contributed by atoms with E-state index in [1.165, 1.54) is 7.11 Å². The summed E-state index contributed by atoms with van der Waals surface area (Å²) in [6.45, 7) is 0. The predicted octanol–water partition coefficient (Wildman–Crippen LogP) is 6.37. The number of anilines is 2. The van der Waals surface area contributed by atoms with Crippen LogP contribution in [0.3, 0.4) is 0 Å². The third kappa shape index (κ3) is 4.50. The Balaban J connectivity index is 1.76. The van der Waals surface area contributed by atoms with Crippen LogP contribution in [-0.2, 0) is 0 Å². The molecule has 7 heteroatoms. The van der Waals surface area contributed by atoms with Crippen molar-refractivity contribution < 1.29 is 19.1 Å². The summed E-state index contributed by atoms with van der Waals surface area (Å²) in [5.74, 6) is 0.0878. The molecule has 4 aromatic carbocycles. The van der Waals surface area contributed by atoms with Gasteiger partial charge in [-0.3, -0.25) is 10.1 Å². The minimum absolute atomic E-state index is 0.111. The van der Waals surface area contributed by atoms with Gasteiger partial charge in [-0.1, -0.05) is 66.2 Å². The zero-order valence-electron chi connectivity index (χ0n) is 17.1. The van der Waals surface area contributed by atoms with E-state index in [4.69, 9.17) is 21.1 Å². The Hall–Kier alpha value is -4.03. The summed E-state index contributed by atoms with van der Waals surface area (Å²) >= 11 is 6.19. The number of benzene rings is 4. The number of carbonyl (C=O) groups is 2. The van der Waals surface area contributed by atoms with Gasteiger partial charge in [0.1, 0.15) is 5.75 Å². The first-order chi connectivity index (χ1) is 15.6. The fourth-order valence-corrected chi connectivity index (χ4v) is 3.46. The van der Waals surface area contributed by atoms with Crippen molar-refractivity contribution in [2.75, 3.05) is 17.7 Å². The second-order valence-electron chi connectivity index (χ2n) is 6.82. The molecule has 0 saturated carbocycles. The molecular weight excluding hydrogens is 428 g/mol. The van der Waals surface area contributed by atoms with Gasteiger partial charge in [-0.2, -0.15) is 0 Å². The first kappa shape index (κ1) is 21.2. The van der Waals surface area contributed by atoms with Crippen LogP contribution in [0, 0.1) is 0 Å². The Kier molecular flexibility index (Phi) is 6.24. The molecule has 0 spiro atoms. The van der Waals surface area contributed by atoms with Gasteiger partial charge in [0.25, 0.3) is 5.91 Å². The number of ether oxygens (including phenoxy) is 2. The summed E-state index contributed by atoms with van der Waals surface area (Å²) in [6.07, 6.45) is -0.724. The van der Waals surface area contributed by atoms with Crippen LogP contribution >= 0.6 is 11.6 Å². The Bertz CT molecular complexity index is 1290. The maximum atomic E-state index is 13.2. The van der Waals surface area contributed by atoms with Crippen LogP contribution in [0.25, 0.3) is 10.8 Å². The lowest BCUT2D eigenvalue weighted by atomic mass is 10.0. The number of amides is 2. The number of methoxy groups -OCH3 is 1. The maximum absolute atomic E-state index is 13.2. The summed E-state index contributed by atoms with van der Waals surface area (Å²) in [5, 5.41) is 7.07. The van der Waals surface area contributed by atoms with Crippen molar-refractivity contribution in [2.45, 2.75) is 0 Å². The van der Waals surface area contributed by atoms with E-state index in [0.717, 1.165) is 0 Å². The van der Waals surface area contributed by atoms with Crippen molar-refractivity contribution in [1.82, 2.24) is 0 Å². The normalized spacial score (nSPS) is 10.4. The molecule has 4 aromatic rings. The quantitative estimate of drug-likeness (QED) is 0.373. The van der Waals surface area contributed by atoms with Crippen LogP contribution in [0.5, 0.6) is 11.5 Å². The van der Waals surface area contributed by atoms with Crippen LogP contribution in [0.4, 0.5) is 16.2 Å². The number of para-hydroxylation sites is 2. The average Bonchev–Trinajstić information content (AvgIpc) is 2.81. The SMILES string of the molecule is COc1cc(C(=O)Nc2ccccc2Cl)c(OC(=O)Nc2ccccc2)c2ccccc12. The highest BCUT2D eigenvalue weighted by Crippen LogP contribution is 2.37. The van der Waals surface area contributed by atoms with Crippen molar-refractivity contribution in [1.29, 1.82) is 0 Å². The molecule has 6 nitrogen and oxygen atoms in total. The highest BCUT2D eigenvalue weighted by molar-refractivity contribution is 6.34. The molecule has 4 rings (SSSR count). The lowest BCUT2D eigenvalue weighted by Crippen LogP contribution is -2.20. The molecule has 0 fully saturated rings. The molecule has 0 aliphatic heterocycles. The molecular formula is C25H19ClN2O4. The van der Waals surface area contributed by atoms with Crippen molar-refractivity contribution in [3.05, 3.63) is 95.5 Å². The summed E-state index contributed by atoms with van der Waals surface area (Å²) in [5.41, 5.74) is 1.13. The minimum Gasteiger partial charge on any atom is -0.496 e.